The first kappa shape index (κ1) is 22.0. The second-order valence-corrected chi connectivity index (χ2v) is 9.04. The molecule has 0 spiro atoms. The maximum atomic E-state index is 12.1. The number of aromatic hydroxyl groups is 1. The summed E-state index contributed by atoms with van der Waals surface area (Å²) in [5.41, 5.74) is -1.62. The molecule has 0 aliphatic carbocycles. The Bertz CT molecular complexity index is 640. The predicted octanol–water partition coefficient (Wildman–Crippen LogP) is 4.58. The van der Waals surface area contributed by atoms with Crippen LogP contribution in [0.4, 0.5) is 0 Å². The molecule has 0 saturated carbocycles. The van der Waals surface area contributed by atoms with Gasteiger partial charge in [0.1, 0.15) is 5.75 Å². The maximum Gasteiger partial charge on any atom is 0.325 e. The summed E-state index contributed by atoms with van der Waals surface area (Å²) in [6.07, 6.45) is 1.18. The van der Waals surface area contributed by atoms with Gasteiger partial charge < -0.3 is 15.3 Å². The van der Waals surface area contributed by atoms with Gasteiger partial charge in [0.2, 0.25) is 0 Å². The van der Waals surface area contributed by atoms with E-state index in [0.29, 0.717) is 24.0 Å². The van der Waals surface area contributed by atoms with Crippen LogP contribution in [0.2, 0.25) is 0 Å². The molecule has 5 nitrogen and oxygen atoms in total. The van der Waals surface area contributed by atoms with Crippen LogP contribution in [0, 0.1) is 0 Å². The normalized spacial score (nSPS) is 12.9. The Labute approximate surface area is 156 Å². The average Bonchev–Trinajstić information content (AvgIpc) is 2.45. The van der Waals surface area contributed by atoms with Crippen molar-refractivity contribution in [1.29, 1.82) is 0 Å². The molecule has 5 heteroatoms. The lowest BCUT2D eigenvalue weighted by molar-refractivity contribution is -0.158. The van der Waals surface area contributed by atoms with E-state index in [2.05, 4.69) is 0 Å². The van der Waals surface area contributed by atoms with Crippen molar-refractivity contribution in [2.75, 3.05) is 0 Å². The standard InChI is InChI=1S/C21H32O5/c1-8-9-10-21(17(23)24,18(25)26)13-11-14(19(2,3)4)16(22)15(12-13)20(5,6)7/h11-12,22H,8-10H2,1-7H3,(H,23,24)(H,25,26). The van der Waals surface area contributed by atoms with Crippen molar-refractivity contribution < 1.29 is 24.9 Å². The molecule has 0 aliphatic heterocycles. The first-order chi connectivity index (χ1) is 11.7. The fourth-order valence-corrected chi connectivity index (χ4v) is 3.16. The number of carboxylic acid groups (broad SMARTS) is 2. The van der Waals surface area contributed by atoms with Crippen molar-refractivity contribution in [1.82, 2.24) is 0 Å². The molecular weight excluding hydrogens is 332 g/mol. The molecule has 1 aromatic rings. The molecule has 0 heterocycles. The van der Waals surface area contributed by atoms with Crippen molar-refractivity contribution in [3.63, 3.8) is 0 Å². The Morgan fingerprint density at radius 2 is 1.27 bits per heavy atom. The minimum absolute atomic E-state index is 0.00606. The van der Waals surface area contributed by atoms with E-state index in [1.807, 2.05) is 48.5 Å². The average molecular weight is 364 g/mol. The Hall–Kier alpha value is -2.04. The summed E-state index contributed by atoms with van der Waals surface area (Å²) in [5.74, 6) is -2.64. The number of phenols is 1. The second kappa shape index (κ2) is 7.29. The molecule has 0 atom stereocenters. The van der Waals surface area contributed by atoms with E-state index in [4.69, 9.17) is 0 Å². The van der Waals surface area contributed by atoms with Crippen LogP contribution in [0.25, 0.3) is 0 Å². The second-order valence-electron chi connectivity index (χ2n) is 9.04. The third kappa shape index (κ3) is 4.02. The fourth-order valence-electron chi connectivity index (χ4n) is 3.16. The zero-order valence-electron chi connectivity index (χ0n) is 16.9. The van der Waals surface area contributed by atoms with Crippen LogP contribution in [0.3, 0.4) is 0 Å². The van der Waals surface area contributed by atoms with Gasteiger partial charge in [0.05, 0.1) is 0 Å². The van der Waals surface area contributed by atoms with Gasteiger partial charge in [-0.25, -0.2) is 0 Å². The van der Waals surface area contributed by atoms with Crippen LogP contribution in [-0.4, -0.2) is 27.3 Å². The molecular formula is C21H32O5. The smallest absolute Gasteiger partial charge is 0.325 e. The zero-order valence-corrected chi connectivity index (χ0v) is 16.9. The minimum atomic E-state index is -2.02. The van der Waals surface area contributed by atoms with Crippen molar-refractivity contribution in [3.05, 3.63) is 28.8 Å². The van der Waals surface area contributed by atoms with E-state index < -0.39 is 28.2 Å². The Morgan fingerprint density at radius 1 is 0.885 bits per heavy atom. The van der Waals surface area contributed by atoms with Gasteiger partial charge in [-0.3, -0.25) is 9.59 Å². The zero-order chi connectivity index (χ0) is 20.5. The number of hydrogen-bond acceptors (Lipinski definition) is 3. The van der Waals surface area contributed by atoms with Gasteiger partial charge in [-0.2, -0.15) is 0 Å². The summed E-state index contributed by atoms with van der Waals surface area (Å²) in [5, 5.41) is 30.6. The first-order valence-corrected chi connectivity index (χ1v) is 9.04. The van der Waals surface area contributed by atoms with Crippen LogP contribution >= 0.6 is 0 Å². The van der Waals surface area contributed by atoms with E-state index in [0.717, 1.165) is 0 Å². The van der Waals surface area contributed by atoms with Crippen LogP contribution in [-0.2, 0) is 25.8 Å². The Morgan fingerprint density at radius 3 is 1.54 bits per heavy atom. The summed E-state index contributed by atoms with van der Waals surface area (Å²) in [6, 6.07) is 3.12. The maximum absolute atomic E-state index is 12.1. The number of carbonyl (C=O) groups is 2. The highest BCUT2D eigenvalue weighted by molar-refractivity contribution is 6.04. The number of benzene rings is 1. The van der Waals surface area contributed by atoms with Gasteiger partial charge in [0, 0.05) is 0 Å². The van der Waals surface area contributed by atoms with E-state index in [1.54, 1.807) is 12.1 Å². The lowest BCUT2D eigenvalue weighted by Gasteiger charge is -2.32. The third-order valence-corrected chi connectivity index (χ3v) is 4.85. The number of rotatable bonds is 6. The number of carboxylic acids is 2. The Kier molecular flexibility index (Phi) is 6.17. The van der Waals surface area contributed by atoms with E-state index in [1.165, 1.54) is 0 Å². The van der Waals surface area contributed by atoms with Crippen molar-refractivity contribution >= 4 is 11.9 Å². The van der Waals surface area contributed by atoms with Gasteiger partial charge in [-0.05, 0) is 46.1 Å². The summed E-state index contributed by atoms with van der Waals surface area (Å²) in [4.78, 5) is 24.3. The molecule has 0 fully saturated rings. The van der Waals surface area contributed by atoms with E-state index >= 15 is 0 Å². The van der Waals surface area contributed by atoms with Crippen LogP contribution in [0.5, 0.6) is 5.75 Å². The molecule has 3 N–H and O–H groups in total. The van der Waals surface area contributed by atoms with Crippen molar-refractivity contribution in [3.8, 4) is 5.75 Å². The summed E-state index contributed by atoms with van der Waals surface area (Å²) < 4.78 is 0. The summed E-state index contributed by atoms with van der Waals surface area (Å²) in [7, 11) is 0. The first-order valence-electron chi connectivity index (χ1n) is 9.04. The molecule has 0 saturated heterocycles. The van der Waals surface area contributed by atoms with Gasteiger partial charge in [0.25, 0.3) is 0 Å². The van der Waals surface area contributed by atoms with E-state index in [9.17, 15) is 24.9 Å². The van der Waals surface area contributed by atoms with Gasteiger partial charge in [-0.15, -0.1) is 0 Å². The molecule has 26 heavy (non-hydrogen) atoms. The topological polar surface area (TPSA) is 94.8 Å². The highest BCUT2D eigenvalue weighted by atomic mass is 16.4. The molecule has 1 rings (SSSR count). The molecule has 0 aliphatic rings. The number of unbranched alkanes of at least 4 members (excludes halogenated alkanes) is 1. The summed E-state index contributed by atoms with van der Waals surface area (Å²) in [6.45, 7) is 13.4. The predicted molar refractivity (Wildman–Crippen MR) is 102 cm³/mol. The highest BCUT2D eigenvalue weighted by Crippen LogP contribution is 2.43. The monoisotopic (exact) mass is 364 g/mol. The number of aliphatic carboxylic acids is 2. The fraction of sp³-hybridized carbons (Fsp3) is 0.619. The van der Waals surface area contributed by atoms with Crippen LogP contribution < -0.4 is 0 Å². The van der Waals surface area contributed by atoms with Crippen LogP contribution in [0.15, 0.2) is 12.1 Å². The third-order valence-electron chi connectivity index (χ3n) is 4.85. The van der Waals surface area contributed by atoms with Crippen LogP contribution in [0.1, 0.15) is 84.4 Å². The lowest BCUT2D eigenvalue weighted by Crippen LogP contribution is -2.44. The molecule has 0 radical (unpaired) electrons. The SMILES string of the molecule is CCCCC(C(=O)O)(C(=O)O)c1cc(C(C)(C)C)c(O)c(C(C)(C)C)c1. The van der Waals surface area contributed by atoms with Gasteiger partial charge in [-0.1, -0.05) is 61.3 Å². The minimum Gasteiger partial charge on any atom is -0.507 e. The molecule has 146 valence electrons. The van der Waals surface area contributed by atoms with Gasteiger partial charge in [0.15, 0.2) is 5.41 Å². The molecule has 0 bridgehead atoms. The number of hydrogen-bond donors (Lipinski definition) is 3. The molecule has 1 aromatic carbocycles. The van der Waals surface area contributed by atoms with Crippen molar-refractivity contribution in [2.45, 2.75) is 84.0 Å². The molecule has 0 unspecified atom stereocenters. The van der Waals surface area contributed by atoms with E-state index in [-0.39, 0.29) is 17.7 Å². The Balaban J connectivity index is 3.93. The highest BCUT2D eigenvalue weighted by Gasteiger charge is 2.49. The van der Waals surface area contributed by atoms with Gasteiger partial charge >= 0.3 is 11.9 Å². The number of phenolic OH excluding ortho intramolecular Hbond substituents is 1. The molecule has 0 amide bonds. The quantitative estimate of drug-likeness (QED) is 0.642. The van der Waals surface area contributed by atoms with Crippen molar-refractivity contribution in [2.24, 2.45) is 0 Å². The largest absolute Gasteiger partial charge is 0.507 e. The lowest BCUT2D eigenvalue weighted by atomic mass is 9.71. The molecule has 0 aromatic heterocycles. The summed E-state index contributed by atoms with van der Waals surface area (Å²) >= 11 is 0.